The van der Waals surface area contributed by atoms with E-state index >= 15 is 0 Å². The second kappa shape index (κ2) is 6.01. The summed E-state index contributed by atoms with van der Waals surface area (Å²) in [5, 5.41) is 23.0. The minimum absolute atomic E-state index is 0.0225. The van der Waals surface area contributed by atoms with Crippen LogP contribution in [-0.4, -0.2) is 20.6 Å². The molecule has 2 aromatic heterocycles. The zero-order valence-corrected chi connectivity index (χ0v) is 10.0. The number of oxime groups is 1. The van der Waals surface area contributed by atoms with Crippen molar-refractivity contribution in [2.45, 2.75) is 0 Å². The topological polar surface area (TPSA) is 114 Å². The highest BCUT2D eigenvalue weighted by molar-refractivity contribution is 6.09. The predicted molar refractivity (Wildman–Crippen MR) is 67.9 cm³/mol. The molecule has 0 radical (unpaired) electrons. The van der Waals surface area contributed by atoms with E-state index in [4.69, 9.17) is 10.1 Å². The number of nitrogens with zero attached hydrogens (tertiary/aromatic N) is 5. The van der Waals surface area contributed by atoms with Crippen LogP contribution in [0.2, 0.25) is 0 Å². The summed E-state index contributed by atoms with van der Waals surface area (Å²) in [5.74, 6) is 0.0410. The van der Waals surface area contributed by atoms with Gasteiger partial charge in [-0.3, -0.25) is 15.1 Å². The number of pyridine rings is 2. The van der Waals surface area contributed by atoms with Gasteiger partial charge in [-0.2, -0.15) is 5.26 Å². The van der Waals surface area contributed by atoms with Crippen molar-refractivity contribution >= 4 is 11.4 Å². The summed E-state index contributed by atoms with van der Waals surface area (Å²) in [5.41, 5.74) is 0.175. The fourth-order valence-electron chi connectivity index (χ4n) is 1.25. The third kappa shape index (κ3) is 3.11. The first-order valence-electron chi connectivity index (χ1n) is 5.37. The van der Waals surface area contributed by atoms with Crippen molar-refractivity contribution in [2.24, 2.45) is 5.16 Å². The van der Waals surface area contributed by atoms with Crippen molar-refractivity contribution in [1.29, 1.82) is 5.26 Å². The fourth-order valence-corrected chi connectivity index (χ4v) is 1.25. The average Bonchev–Trinajstić information content (AvgIpc) is 2.49. The molecular formula is C12H7N5O3. The van der Waals surface area contributed by atoms with Crippen molar-refractivity contribution in [3.63, 3.8) is 0 Å². The maximum absolute atomic E-state index is 10.5. The van der Waals surface area contributed by atoms with Crippen LogP contribution in [0.3, 0.4) is 0 Å². The molecule has 0 aliphatic heterocycles. The molecule has 0 N–H and O–H groups in total. The van der Waals surface area contributed by atoms with Gasteiger partial charge in [-0.15, -0.1) is 0 Å². The van der Waals surface area contributed by atoms with E-state index in [1.807, 2.05) is 6.07 Å². The molecule has 0 saturated carbocycles. The van der Waals surface area contributed by atoms with Crippen LogP contribution in [0.4, 0.5) is 5.69 Å². The Bertz CT molecular complexity index is 676. The van der Waals surface area contributed by atoms with E-state index in [1.54, 1.807) is 18.2 Å². The molecule has 0 unspecified atom stereocenters. The molecule has 0 fully saturated rings. The summed E-state index contributed by atoms with van der Waals surface area (Å²) >= 11 is 0. The monoisotopic (exact) mass is 269 g/mol. The molecule has 0 amide bonds. The number of nitro groups is 1. The van der Waals surface area contributed by atoms with Crippen molar-refractivity contribution in [3.8, 4) is 11.9 Å². The SMILES string of the molecule is N#C/C(=N\Oc1ccc([N+](=O)[O-])cn1)c1ccccn1. The lowest BCUT2D eigenvalue weighted by atomic mass is 10.2. The Hall–Kier alpha value is -3.34. The van der Waals surface area contributed by atoms with E-state index in [1.165, 1.54) is 18.3 Å². The summed E-state index contributed by atoms with van der Waals surface area (Å²) in [6.07, 6.45) is 2.56. The van der Waals surface area contributed by atoms with Crippen LogP contribution in [0.5, 0.6) is 5.88 Å². The largest absolute Gasteiger partial charge is 0.335 e. The maximum atomic E-state index is 10.5. The van der Waals surface area contributed by atoms with E-state index < -0.39 is 4.92 Å². The summed E-state index contributed by atoms with van der Waals surface area (Å²) in [6.45, 7) is 0. The molecule has 0 atom stereocenters. The molecule has 0 aromatic carbocycles. The average molecular weight is 269 g/mol. The van der Waals surface area contributed by atoms with Crippen molar-refractivity contribution in [2.75, 3.05) is 0 Å². The van der Waals surface area contributed by atoms with Crippen LogP contribution >= 0.6 is 0 Å². The number of hydrogen-bond acceptors (Lipinski definition) is 7. The zero-order chi connectivity index (χ0) is 14.4. The third-order valence-electron chi connectivity index (χ3n) is 2.18. The molecule has 0 spiro atoms. The number of nitriles is 1. The van der Waals surface area contributed by atoms with Crippen LogP contribution < -0.4 is 4.84 Å². The van der Waals surface area contributed by atoms with Crippen molar-refractivity contribution in [1.82, 2.24) is 9.97 Å². The molecular weight excluding hydrogens is 262 g/mol. The van der Waals surface area contributed by atoms with E-state index in [0.29, 0.717) is 5.69 Å². The number of aromatic nitrogens is 2. The standard InChI is InChI=1S/C12H7N5O3/c13-7-11(10-3-1-2-6-14-10)16-20-12-5-4-9(8-15-12)17(18)19/h1-6,8H/b16-11+. The van der Waals surface area contributed by atoms with Gasteiger partial charge in [0.2, 0.25) is 11.6 Å². The Labute approximate surface area is 113 Å². The number of rotatable bonds is 4. The minimum atomic E-state index is -0.575. The Morgan fingerprint density at radius 2 is 2.20 bits per heavy atom. The van der Waals surface area contributed by atoms with Crippen molar-refractivity contribution in [3.05, 3.63) is 58.5 Å². The van der Waals surface area contributed by atoms with E-state index in [2.05, 4.69) is 15.1 Å². The van der Waals surface area contributed by atoms with Gasteiger partial charge in [-0.05, 0) is 12.1 Å². The van der Waals surface area contributed by atoms with E-state index in [-0.39, 0.29) is 17.3 Å². The van der Waals surface area contributed by atoms with Gasteiger partial charge in [-0.25, -0.2) is 4.98 Å². The van der Waals surface area contributed by atoms with Crippen LogP contribution in [0.15, 0.2) is 47.9 Å². The smallest absolute Gasteiger partial charge is 0.287 e. The molecule has 0 aliphatic rings. The Balaban J connectivity index is 2.15. The van der Waals surface area contributed by atoms with Gasteiger partial charge in [0.05, 0.1) is 4.92 Å². The first kappa shape index (κ1) is 13.1. The predicted octanol–water partition coefficient (Wildman–Crippen LogP) is 1.69. The van der Waals surface area contributed by atoms with Crippen LogP contribution in [0.25, 0.3) is 0 Å². The minimum Gasteiger partial charge on any atom is -0.335 e. The molecule has 98 valence electrons. The summed E-state index contributed by atoms with van der Waals surface area (Å²) < 4.78 is 0. The molecule has 20 heavy (non-hydrogen) atoms. The third-order valence-corrected chi connectivity index (χ3v) is 2.18. The van der Waals surface area contributed by atoms with Crippen LogP contribution in [0.1, 0.15) is 5.69 Å². The highest BCUT2D eigenvalue weighted by Crippen LogP contribution is 2.13. The van der Waals surface area contributed by atoms with Crippen LogP contribution in [-0.2, 0) is 0 Å². The Morgan fingerprint density at radius 3 is 2.75 bits per heavy atom. The molecule has 2 aromatic rings. The normalized spacial score (nSPS) is 10.7. The van der Waals surface area contributed by atoms with Crippen LogP contribution in [0, 0.1) is 21.4 Å². The van der Waals surface area contributed by atoms with Gasteiger partial charge in [0.15, 0.2) is 0 Å². The quantitative estimate of drug-likeness (QED) is 0.474. The second-order valence-electron chi connectivity index (χ2n) is 3.47. The van der Waals surface area contributed by atoms with Gasteiger partial charge in [0, 0.05) is 18.3 Å². The lowest BCUT2D eigenvalue weighted by molar-refractivity contribution is -0.385. The maximum Gasteiger partial charge on any atom is 0.287 e. The van der Waals surface area contributed by atoms with Gasteiger partial charge in [0.1, 0.15) is 18.0 Å². The molecule has 2 heterocycles. The lowest BCUT2D eigenvalue weighted by Gasteiger charge is -1.98. The highest BCUT2D eigenvalue weighted by Gasteiger charge is 2.07. The van der Waals surface area contributed by atoms with Gasteiger partial charge < -0.3 is 4.84 Å². The molecule has 0 saturated heterocycles. The first-order chi connectivity index (χ1) is 9.70. The second-order valence-corrected chi connectivity index (χ2v) is 3.47. The van der Waals surface area contributed by atoms with Crippen molar-refractivity contribution < 1.29 is 9.76 Å². The molecule has 0 aliphatic carbocycles. The molecule has 8 heteroatoms. The highest BCUT2D eigenvalue weighted by atomic mass is 16.6. The Kier molecular flexibility index (Phi) is 3.94. The fraction of sp³-hybridized carbons (Fsp3) is 0. The number of hydrogen-bond donors (Lipinski definition) is 0. The summed E-state index contributed by atoms with van der Waals surface area (Å²) in [7, 11) is 0. The van der Waals surface area contributed by atoms with Gasteiger partial charge >= 0.3 is 0 Å². The Morgan fingerprint density at radius 1 is 1.35 bits per heavy atom. The van der Waals surface area contributed by atoms with Gasteiger partial charge in [0.25, 0.3) is 5.69 Å². The summed E-state index contributed by atoms with van der Waals surface area (Å²) in [4.78, 5) is 22.5. The molecule has 8 nitrogen and oxygen atoms in total. The van der Waals surface area contributed by atoms with E-state index in [0.717, 1.165) is 6.20 Å². The zero-order valence-electron chi connectivity index (χ0n) is 10.0. The summed E-state index contributed by atoms with van der Waals surface area (Å²) in [6, 6.07) is 9.38. The van der Waals surface area contributed by atoms with E-state index in [9.17, 15) is 10.1 Å². The first-order valence-corrected chi connectivity index (χ1v) is 5.37. The molecule has 2 rings (SSSR count). The molecule has 0 bridgehead atoms. The van der Waals surface area contributed by atoms with Gasteiger partial charge in [-0.1, -0.05) is 11.2 Å². The lowest BCUT2D eigenvalue weighted by Crippen LogP contribution is -2.02.